The summed E-state index contributed by atoms with van der Waals surface area (Å²) in [5, 5.41) is 0. The van der Waals surface area contributed by atoms with Crippen molar-refractivity contribution < 1.29 is 4.74 Å². The summed E-state index contributed by atoms with van der Waals surface area (Å²) in [4.78, 5) is 0. The molecule has 2 N–H and O–H groups in total. The van der Waals surface area contributed by atoms with Gasteiger partial charge in [0.25, 0.3) is 0 Å². The standard InChI is InChI=1S/C17H26N2O/c18-16(13-3-4-13)14-6-10-19(11-14)12-15-5-9-17(20-15)7-1-2-8-17/h6,10-11,13,15-16H,1-5,7-9,12,18H2. The van der Waals surface area contributed by atoms with Crippen LogP contribution in [0.15, 0.2) is 18.5 Å². The largest absolute Gasteiger partial charge is 0.370 e. The van der Waals surface area contributed by atoms with Gasteiger partial charge >= 0.3 is 0 Å². The van der Waals surface area contributed by atoms with Crippen molar-refractivity contribution in [3.8, 4) is 0 Å². The van der Waals surface area contributed by atoms with Gasteiger partial charge in [0.05, 0.1) is 11.7 Å². The third-order valence-corrected chi connectivity index (χ3v) is 5.56. The minimum absolute atomic E-state index is 0.252. The van der Waals surface area contributed by atoms with Crippen LogP contribution in [0, 0.1) is 5.92 Å². The van der Waals surface area contributed by atoms with Crippen LogP contribution in [0.25, 0.3) is 0 Å². The molecular weight excluding hydrogens is 248 g/mol. The van der Waals surface area contributed by atoms with Gasteiger partial charge in [-0.1, -0.05) is 12.8 Å². The minimum Gasteiger partial charge on any atom is -0.370 e. The summed E-state index contributed by atoms with van der Waals surface area (Å²) in [7, 11) is 0. The Morgan fingerprint density at radius 3 is 2.80 bits per heavy atom. The molecule has 20 heavy (non-hydrogen) atoms. The molecule has 3 aliphatic rings. The van der Waals surface area contributed by atoms with Crippen LogP contribution in [-0.4, -0.2) is 16.3 Å². The molecule has 1 aromatic rings. The van der Waals surface area contributed by atoms with Gasteiger partial charge in [-0.3, -0.25) is 0 Å². The van der Waals surface area contributed by atoms with Crippen LogP contribution >= 0.6 is 0 Å². The fourth-order valence-electron chi connectivity index (χ4n) is 4.14. The molecule has 3 fully saturated rings. The molecule has 0 radical (unpaired) electrons. The molecule has 0 aromatic carbocycles. The highest BCUT2D eigenvalue weighted by atomic mass is 16.5. The van der Waals surface area contributed by atoms with E-state index >= 15 is 0 Å². The maximum absolute atomic E-state index is 6.39. The van der Waals surface area contributed by atoms with E-state index in [-0.39, 0.29) is 11.6 Å². The van der Waals surface area contributed by atoms with Crippen LogP contribution in [-0.2, 0) is 11.3 Å². The Bertz CT molecular complexity index is 471. The van der Waals surface area contributed by atoms with E-state index in [4.69, 9.17) is 10.5 Å². The highest BCUT2D eigenvalue weighted by Gasteiger charge is 2.42. The maximum Gasteiger partial charge on any atom is 0.0762 e. The van der Waals surface area contributed by atoms with E-state index < -0.39 is 0 Å². The van der Waals surface area contributed by atoms with Crippen LogP contribution in [0.5, 0.6) is 0 Å². The molecule has 3 heteroatoms. The van der Waals surface area contributed by atoms with Crippen molar-refractivity contribution in [3.05, 3.63) is 24.0 Å². The molecule has 3 nitrogen and oxygen atoms in total. The van der Waals surface area contributed by atoms with E-state index in [1.165, 1.54) is 56.9 Å². The minimum atomic E-state index is 0.252. The number of ether oxygens (including phenoxy) is 1. The van der Waals surface area contributed by atoms with Crippen LogP contribution in [0.4, 0.5) is 0 Å². The van der Waals surface area contributed by atoms with Crippen LogP contribution in [0.3, 0.4) is 0 Å². The Morgan fingerprint density at radius 2 is 2.05 bits per heavy atom. The fourth-order valence-corrected chi connectivity index (χ4v) is 4.14. The predicted octanol–water partition coefficient (Wildman–Crippen LogP) is 3.39. The van der Waals surface area contributed by atoms with Crippen LogP contribution < -0.4 is 5.73 Å². The number of rotatable bonds is 4. The van der Waals surface area contributed by atoms with Crippen molar-refractivity contribution in [1.29, 1.82) is 0 Å². The van der Waals surface area contributed by atoms with E-state index in [2.05, 4.69) is 23.0 Å². The number of nitrogens with two attached hydrogens (primary N) is 1. The monoisotopic (exact) mass is 274 g/mol. The Hall–Kier alpha value is -0.800. The lowest BCUT2D eigenvalue weighted by Crippen LogP contribution is -2.26. The van der Waals surface area contributed by atoms with E-state index in [1.54, 1.807) is 0 Å². The van der Waals surface area contributed by atoms with Gasteiger partial charge in [0.1, 0.15) is 0 Å². The van der Waals surface area contributed by atoms with Crippen molar-refractivity contribution in [3.63, 3.8) is 0 Å². The molecule has 1 saturated heterocycles. The first-order chi connectivity index (χ1) is 9.74. The van der Waals surface area contributed by atoms with Gasteiger partial charge in [-0.2, -0.15) is 0 Å². The Morgan fingerprint density at radius 1 is 1.25 bits per heavy atom. The first kappa shape index (κ1) is 12.9. The molecule has 4 rings (SSSR count). The highest BCUT2D eigenvalue weighted by Crippen LogP contribution is 2.44. The van der Waals surface area contributed by atoms with E-state index in [9.17, 15) is 0 Å². The summed E-state index contributed by atoms with van der Waals surface area (Å²) in [5.41, 5.74) is 7.83. The number of aromatic nitrogens is 1. The van der Waals surface area contributed by atoms with E-state index in [0.717, 1.165) is 12.5 Å². The third-order valence-electron chi connectivity index (χ3n) is 5.56. The van der Waals surface area contributed by atoms with Crippen molar-refractivity contribution in [2.24, 2.45) is 11.7 Å². The molecule has 2 aliphatic carbocycles. The van der Waals surface area contributed by atoms with Crippen molar-refractivity contribution in [2.75, 3.05) is 0 Å². The molecule has 1 aliphatic heterocycles. The molecule has 1 aromatic heterocycles. The maximum atomic E-state index is 6.39. The zero-order chi connectivity index (χ0) is 13.6. The van der Waals surface area contributed by atoms with Gasteiger partial charge in [-0.05, 0) is 56.1 Å². The Balaban J connectivity index is 1.37. The Kier molecular flexibility index (Phi) is 3.15. The lowest BCUT2D eigenvalue weighted by molar-refractivity contribution is -0.0417. The third kappa shape index (κ3) is 2.42. The number of nitrogens with zero attached hydrogens (tertiary/aromatic N) is 1. The normalized spacial score (nSPS) is 30.1. The second-order valence-electron chi connectivity index (χ2n) is 7.17. The molecule has 2 saturated carbocycles. The summed E-state index contributed by atoms with van der Waals surface area (Å²) in [6.07, 6.45) is 15.2. The molecular formula is C17H26N2O. The first-order valence-corrected chi connectivity index (χ1v) is 8.33. The second-order valence-corrected chi connectivity index (χ2v) is 7.17. The summed E-state index contributed by atoms with van der Waals surface area (Å²) in [6.45, 7) is 0.999. The second kappa shape index (κ2) is 4.88. The number of hydrogen-bond acceptors (Lipinski definition) is 2. The zero-order valence-electron chi connectivity index (χ0n) is 12.3. The van der Waals surface area contributed by atoms with Gasteiger partial charge in [0.2, 0.25) is 0 Å². The zero-order valence-corrected chi connectivity index (χ0v) is 12.3. The SMILES string of the molecule is NC(c1ccn(CC2CCC3(CCCC3)O2)c1)C1CC1. The van der Waals surface area contributed by atoms with Crippen molar-refractivity contribution in [2.45, 2.75) is 75.7 Å². The fraction of sp³-hybridized carbons (Fsp3) is 0.765. The predicted molar refractivity (Wildman–Crippen MR) is 79.4 cm³/mol. The molecule has 2 heterocycles. The number of hydrogen-bond donors (Lipinski definition) is 1. The van der Waals surface area contributed by atoms with E-state index in [0.29, 0.717) is 6.10 Å². The van der Waals surface area contributed by atoms with Gasteiger partial charge in [0.15, 0.2) is 0 Å². The topological polar surface area (TPSA) is 40.2 Å². The summed E-state index contributed by atoms with van der Waals surface area (Å²) >= 11 is 0. The quantitative estimate of drug-likeness (QED) is 0.914. The molecule has 0 amide bonds. The van der Waals surface area contributed by atoms with Gasteiger partial charge in [0, 0.05) is 25.0 Å². The van der Waals surface area contributed by atoms with Crippen molar-refractivity contribution >= 4 is 0 Å². The van der Waals surface area contributed by atoms with Crippen LogP contribution in [0.1, 0.15) is 63.0 Å². The average molecular weight is 274 g/mol. The van der Waals surface area contributed by atoms with Crippen LogP contribution in [0.2, 0.25) is 0 Å². The molecule has 2 unspecified atom stereocenters. The lowest BCUT2D eigenvalue weighted by atomic mass is 9.98. The van der Waals surface area contributed by atoms with Crippen molar-refractivity contribution in [1.82, 2.24) is 4.57 Å². The van der Waals surface area contributed by atoms with Gasteiger partial charge in [-0.25, -0.2) is 0 Å². The van der Waals surface area contributed by atoms with Gasteiger partial charge < -0.3 is 15.0 Å². The molecule has 1 spiro atoms. The van der Waals surface area contributed by atoms with E-state index in [1.807, 2.05) is 0 Å². The lowest BCUT2D eigenvalue weighted by Gasteiger charge is -2.24. The molecule has 0 bridgehead atoms. The molecule has 2 atom stereocenters. The average Bonchev–Trinajstić information content (AvgIpc) is 2.87. The first-order valence-electron chi connectivity index (χ1n) is 8.33. The smallest absolute Gasteiger partial charge is 0.0762 e. The van der Waals surface area contributed by atoms with Gasteiger partial charge in [-0.15, -0.1) is 0 Å². The Labute approximate surface area is 121 Å². The highest BCUT2D eigenvalue weighted by molar-refractivity contribution is 5.17. The summed E-state index contributed by atoms with van der Waals surface area (Å²) in [5.74, 6) is 0.732. The summed E-state index contributed by atoms with van der Waals surface area (Å²) in [6, 6.07) is 2.45. The molecule has 110 valence electrons. The summed E-state index contributed by atoms with van der Waals surface area (Å²) < 4.78 is 8.68.